The number of carbonyl (C=O) groups excluding carboxylic acids is 1. The van der Waals surface area contributed by atoms with E-state index in [-0.39, 0.29) is 15.4 Å². The highest BCUT2D eigenvalue weighted by Crippen LogP contribution is 2.36. The monoisotopic (exact) mass is 488 g/mol. The molecule has 176 valence electrons. The molecule has 0 saturated carbocycles. The molecular formula is C23H28N4O4S2. The van der Waals surface area contributed by atoms with Crippen LogP contribution in [0.2, 0.25) is 0 Å². The molecule has 0 atom stereocenters. The zero-order valence-corrected chi connectivity index (χ0v) is 20.6. The zero-order chi connectivity index (χ0) is 24.1. The largest absolute Gasteiger partial charge is 0.480 e. The molecular weight excluding hydrogens is 460 g/mol. The van der Waals surface area contributed by atoms with Gasteiger partial charge in [0.2, 0.25) is 0 Å². The molecule has 33 heavy (non-hydrogen) atoms. The van der Waals surface area contributed by atoms with Crippen molar-refractivity contribution in [1.29, 1.82) is 5.26 Å². The number of hydrogen-bond donors (Lipinski definition) is 1. The maximum absolute atomic E-state index is 13.3. The van der Waals surface area contributed by atoms with Gasteiger partial charge in [-0.15, -0.1) is 0 Å². The maximum Gasteiger partial charge on any atom is 0.323 e. The Labute approximate surface area is 202 Å². The van der Waals surface area contributed by atoms with Crippen LogP contribution in [0, 0.1) is 18.3 Å². The fraction of sp³-hybridized carbons (Fsp3) is 0.522. The number of anilines is 1. The fourth-order valence-electron chi connectivity index (χ4n) is 4.19. The molecule has 0 spiro atoms. The van der Waals surface area contributed by atoms with E-state index in [9.17, 15) is 19.6 Å². The molecule has 1 amide bonds. The third-order valence-electron chi connectivity index (χ3n) is 5.93. The van der Waals surface area contributed by atoms with Gasteiger partial charge in [0, 0.05) is 25.2 Å². The van der Waals surface area contributed by atoms with Gasteiger partial charge in [0.1, 0.15) is 28.3 Å². The van der Waals surface area contributed by atoms with Gasteiger partial charge in [0.25, 0.3) is 11.5 Å². The standard InChI is InChI=1S/C23H28N4O4S2/c1-3-4-11-26-20(25-9-7-5-6-8-10-25)16(15(2)17(13-24)21(26)30)12-18-22(31)27(14-19(28)29)23(32)33-18/h12H,3-11,14H2,1-2H3,(H,28,29). The van der Waals surface area contributed by atoms with E-state index in [0.29, 0.717) is 22.6 Å². The molecule has 2 saturated heterocycles. The van der Waals surface area contributed by atoms with Crippen molar-refractivity contribution in [3.63, 3.8) is 0 Å². The first kappa shape index (κ1) is 25.0. The van der Waals surface area contributed by atoms with Crippen molar-refractivity contribution in [2.24, 2.45) is 0 Å². The van der Waals surface area contributed by atoms with Gasteiger partial charge in [0.05, 0.1) is 4.91 Å². The molecule has 0 unspecified atom stereocenters. The Morgan fingerprint density at radius 3 is 2.48 bits per heavy atom. The quantitative estimate of drug-likeness (QED) is 0.459. The van der Waals surface area contributed by atoms with Gasteiger partial charge < -0.3 is 10.0 Å². The van der Waals surface area contributed by atoms with Crippen LogP contribution in [0.3, 0.4) is 0 Å². The van der Waals surface area contributed by atoms with Crippen LogP contribution < -0.4 is 10.5 Å². The molecule has 0 bridgehead atoms. The van der Waals surface area contributed by atoms with Gasteiger partial charge >= 0.3 is 5.97 Å². The number of carboxylic acid groups (broad SMARTS) is 1. The molecule has 0 aromatic carbocycles. The van der Waals surface area contributed by atoms with Crippen molar-refractivity contribution in [3.05, 3.63) is 31.9 Å². The van der Waals surface area contributed by atoms with Crippen LogP contribution in [0.1, 0.15) is 62.1 Å². The van der Waals surface area contributed by atoms with Crippen molar-refractivity contribution >= 4 is 52.1 Å². The first-order chi connectivity index (χ1) is 15.8. The number of aromatic nitrogens is 1. The second kappa shape index (κ2) is 11.0. The number of carbonyl (C=O) groups is 2. The molecule has 1 aromatic rings. The highest BCUT2D eigenvalue weighted by Gasteiger charge is 2.34. The Hall–Kier alpha value is -2.64. The summed E-state index contributed by atoms with van der Waals surface area (Å²) in [6, 6.07) is 2.06. The van der Waals surface area contributed by atoms with E-state index in [2.05, 4.69) is 11.0 Å². The third kappa shape index (κ3) is 5.31. The van der Waals surface area contributed by atoms with Gasteiger partial charge in [-0.25, -0.2) is 0 Å². The van der Waals surface area contributed by atoms with Crippen LogP contribution in [0.4, 0.5) is 5.82 Å². The minimum absolute atomic E-state index is 0.0666. The minimum atomic E-state index is -1.14. The Morgan fingerprint density at radius 1 is 1.24 bits per heavy atom. The fourth-order valence-corrected chi connectivity index (χ4v) is 5.43. The molecule has 0 aliphatic carbocycles. The summed E-state index contributed by atoms with van der Waals surface area (Å²) in [4.78, 5) is 40.9. The van der Waals surface area contributed by atoms with E-state index in [1.807, 2.05) is 6.92 Å². The number of thiocarbonyl (C=S) groups is 1. The summed E-state index contributed by atoms with van der Waals surface area (Å²) in [6.07, 6.45) is 7.60. The number of aliphatic carboxylic acids is 1. The summed E-state index contributed by atoms with van der Waals surface area (Å²) >= 11 is 6.28. The molecule has 10 heteroatoms. The van der Waals surface area contributed by atoms with E-state index in [1.165, 1.54) is 0 Å². The van der Waals surface area contributed by atoms with E-state index >= 15 is 0 Å². The van der Waals surface area contributed by atoms with Crippen molar-refractivity contribution in [1.82, 2.24) is 9.47 Å². The van der Waals surface area contributed by atoms with Gasteiger partial charge in [0.15, 0.2) is 0 Å². The molecule has 3 heterocycles. The lowest BCUT2D eigenvalue weighted by atomic mass is 10.0. The van der Waals surface area contributed by atoms with E-state index in [1.54, 1.807) is 17.6 Å². The lowest BCUT2D eigenvalue weighted by molar-refractivity contribution is -0.140. The SMILES string of the molecule is CCCCn1c(N2CCCCCC2)c(C=C2SC(=S)N(CC(=O)O)C2=O)c(C)c(C#N)c1=O. The first-order valence-corrected chi connectivity index (χ1v) is 12.4. The average Bonchev–Trinajstić information content (AvgIpc) is 2.96. The summed E-state index contributed by atoms with van der Waals surface area (Å²) in [5, 5.41) is 18.9. The van der Waals surface area contributed by atoms with Crippen molar-refractivity contribution < 1.29 is 14.7 Å². The molecule has 0 radical (unpaired) electrons. The summed E-state index contributed by atoms with van der Waals surface area (Å²) in [6.45, 7) is 5.34. The number of nitrogens with zero attached hydrogens (tertiary/aromatic N) is 4. The number of carboxylic acids is 1. The lowest BCUT2D eigenvalue weighted by Crippen LogP contribution is -2.35. The summed E-state index contributed by atoms with van der Waals surface area (Å²) < 4.78 is 1.87. The summed E-state index contributed by atoms with van der Waals surface area (Å²) in [5.74, 6) is -0.886. The van der Waals surface area contributed by atoms with Crippen molar-refractivity contribution in [3.8, 4) is 6.07 Å². The lowest BCUT2D eigenvalue weighted by Gasteiger charge is -2.29. The zero-order valence-electron chi connectivity index (χ0n) is 18.9. The number of amides is 1. The van der Waals surface area contributed by atoms with Crippen LogP contribution in [0.25, 0.3) is 6.08 Å². The van der Waals surface area contributed by atoms with E-state index in [0.717, 1.165) is 74.1 Å². The smallest absolute Gasteiger partial charge is 0.323 e. The van der Waals surface area contributed by atoms with Gasteiger partial charge in [-0.1, -0.05) is 50.2 Å². The Balaban J connectivity index is 2.22. The van der Waals surface area contributed by atoms with Crippen LogP contribution in [0.5, 0.6) is 0 Å². The summed E-state index contributed by atoms with van der Waals surface area (Å²) in [7, 11) is 0. The molecule has 8 nitrogen and oxygen atoms in total. The van der Waals surface area contributed by atoms with Crippen molar-refractivity contribution in [2.45, 2.75) is 58.9 Å². The molecule has 2 aliphatic heterocycles. The number of rotatable bonds is 7. The molecule has 2 aliphatic rings. The average molecular weight is 489 g/mol. The number of pyridine rings is 1. The minimum Gasteiger partial charge on any atom is -0.480 e. The normalized spacial score (nSPS) is 18.0. The van der Waals surface area contributed by atoms with Gasteiger partial charge in [-0.2, -0.15) is 5.26 Å². The topological polar surface area (TPSA) is 107 Å². The van der Waals surface area contributed by atoms with Gasteiger partial charge in [-0.3, -0.25) is 23.9 Å². The predicted octanol–water partition coefficient (Wildman–Crippen LogP) is 3.49. The Kier molecular flexibility index (Phi) is 8.32. The predicted molar refractivity (Wildman–Crippen MR) is 133 cm³/mol. The first-order valence-electron chi connectivity index (χ1n) is 11.2. The highest BCUT2D eigenvalue weighted by atomic mass is 32.2. The maximum atomic E-state index is 13.3. The van der Waals surface area contributed by atoms with Crippen LogP contribution >= 0.6 is 24.0 Å². The van der Waals surface area contributed by atoms with E-state index in [4.69, 9.17) is 17.3 Å². The molecule has 3 rings (SSSR count). The number of unbranched alkanes of at least 4 members (excludes halogenated alkanes) is 1. The Morgan fingerprint density at radius 2 is 1.91 bits per heavy atom. The van der Waals surface area contributed by atoms with Crippen LogP contribution in [-0.4, -0.2) is 50.4 Å². The summed E-state index contributed by atoms with van der Waals surface area (Å²) in [5.41, 5.74) is 0.938. The van der Waals surface area contributed by atoms with Crippen LogP contribution in [-0.2, 0) is 16.1 Å². The second-order valence-corrected chi connectivity index (χ2v) is 9.90. The second-order valence-electron chi connectivity index (χ2n) is 8.22. The van der Waals surface area contributed by atoms with Crippen molar-refractivity contribution in [2.75, 3.05) is 24.5 Å². The number of nitriles is 1. The van der Waals surface area contributed by atoms with Gasteiger partial charge in [-0.05, 0) is 37.8 Å². The van der Waals surface area contributed by atoms with Crippen LogP contribution in [0.15, 0.2) is 9.70 Å². The number of hydrogen-bond acceptors (Lipinski definition) is 7. The molecule has 1 N–H and O–H groups in total. The highest BCUT2D eigenvalue weighted by molar-refractivity contribution is 8.26. The Bertz CT molecular complexity index is 1100. The third-order valence-corrected chi connectivity index (χ3v) is 7.31. The molecule has 1 aromatic heterocycles. The molecule has 2 fully saturated rings. The van der Waals surface area contributed by atoms with E-state index < -0.39 is 18.4 Å². The number of thioether (sulfide) groups is 1.